The van der Waals surface area contributed by atoms with E-state index in [0.717, 1.165) is 15.6 Å². The van der Waals surface area contributed by atoms with Crippen LogP contribution in [-0.2, 0) is 4.74 Å². The SMILES string of the molecule is CCOC(=O)c1ccc(-c2ccc(C)cc2Br)o1. The molecule has 18 heavy (non-hydrogen) atoms. The number of hydrogen-bond acceptors (Lipinski definition) is 3. The molecule has 0 amide bonds. The fraction of sp³-hybridized carbons (Fsp3) is 0.214. The van der Waals surface area contributed by atoms with Gasteiger partial charge in [0.15, 0.2) is 0 Å². The summed E-state index contributed by atoms with van der Waals surface area (Å²) in [5.41, 5.74) is 2.07. The third kappa shape index (κ3) is 2.64. The first-order chi connectivity index (χ1) is 8.61. The van der Waals surface area contributed by atoms with Crippen molar-refractivity contribution in [3.63, 3.8) is 0 Å². The van der Waals surface area contributed by atoms with Gasteiger partial charge in [-0.3, -0.25) is 0 Å². The molecule has 2 rings (SSSR count). The van der Waals surface area contributed by atoms with Crippen LogP contribution >= 0.6 is 15.9 Å². The van der Waals surface area contributed by atoms with Crippen LogP contribution in [0.25, 0.3) is 11.3 Å². The Balaban J connectivity index is 2.32. The van der Waals surface area contributed by atoms with Crippen LogP contribution < -0.4 is 0 Å². The molecule has 1 heterocycles. The highest BCUT2D eigenvalue weighted by Gasteiger charge is 2.14. The fourth-order valence-corrected chi connectivity index (χ4v) is 2.30. The van der Waals surface area contributed by atoms with Gasteiger partial charge >= 0.3 is 5.97 Å². The van der Waals surface area contributed by atoms with Crippen molar-refractivity contribution < 1.29 is 13.9 Å². The number of carbonyl (C=O) groups excluding carboxylic acids is 1. The van der Waals surface area contributed by atoms with E-state index in [1.807, 2.05) is 25.1 Å². The first-order valence-corrected chi connectivity index (χ1v) is 6.44. The summed E-state index contributed by atoms with van der Waals surface area (Å²) in [5.74, 6) is 0.427. The Bertz CT molecular complexity index is 572. The minimum absolute atomic E-state index is 0.222. The Morgan fingerprint density at radius 2 is 2.11 bits per heavy atom. The van der Waals surface area contributed by atoms with Crippen LogP contribution in [-0.4, -0.2) is 12.6 Å². The number of carbonyl (C=O) groups is 1. The van der Waals surface area contributed by atoms with Gasteiger partial charge in [0.25, 0.3) is 0 Å². The van der Waals surface area contributed by atoms with Gasteiger partial charge in [0.05, 0.1) is 6.61 Å². The second kappa shape index (κ2) is 5.40. The molecule has 0 fully saturated rings. The number of ether oxygens (including phenoxy) is 1. The molecule has 0 aliphatic rings. The average Bonchev–Trinajstić information content (AvgIpc) is 2.78. The molecule has 0 aliphatic heterocycles. The second-order valence-corrected chi connectivity index (χ2v) is 4.72. The maximum absolute atomic E-state index is 11.5. The van der Waals surface area contributed by atoms with Gasteiger partial charge < -0.3 is 9.15 Å². The summed E-state index contributed by atoms with van der Waals surface area (Å²) in [6.07, 6.45) is 0. The predicted molar refractivity (Wildman–Crippen MR) is 72.5 cm³/mol. The topological polar surface area (TPSA) is 39.4 Å². The van der Waals surface area contributed by atoms with Crippen molar-refractivity contribution in [2.45, 2.75) is 13.8 Å². The molecule has 0 spiro atoms. The highest BCUT2D eigenvalue weighted by atomic mass is 79.9. The van der Waals surface area contributed by atoms with E-state index >= 15 is 0 Å². The molecule has 3 nitrogen and oxygen atoms in total. The minimum atomic E-state index is -0.438. The van der Waals surface area contributed by atoms with E-state index < -0.39 is 5.97 Å². The fourth-order valence-electron chi connectivity index (χ4n) is 1.61. The third-order valence-corrected chi connectivity index (χ3v) is 3.13. The molecule has 94 valence electrons. The monoisotopic (exact) mass is 308 g/mol. The molecule has 0 saturated carbocycles. The van der Waals surface area contributed by atoms with Crippen LogP contribution in [0.5, 0.6) is 0 Å². The molecule has 0 atom stereocenters. The number of hydrogen-bond donors (Lipinski definition) is 0. The lowest BCUT2D eigenvalue weighted by molar-refractivity contribution is 0.0491. The molecule has 1 aromatic heterocycles. The van der Waals surface area contributed by atoms with Crippen LogP contribution in [0.1, 0.15) is 23.0 Å². The van der Waals surface area contributed by atoms with Gasteiger partial charge in [0, 0.05) is 10.0 Å². The quantitative estimate of drug-likeness (QED) is 0.798. The molecule has 4 heteroatoms. The highest BCUT2D eigenvalue weighted by molar-refractivity contribution is 9.10. The summed E-state index contributed by atoms with van der Waals surface area (Å²) >= 11 is 3.48. The zero-order valence-corrected chi connectivity index (χ0v) is 11.8. The van der Waals surface area contributed by atoms with Crippen LogP contribution in [0, 0.1) is 6.92 Å². The summed E-state index contributed by atoms with van der Waals surface area (Å²) in [5, 5.41) is 0. The Labute approximate surface area is 114 Å². The Kier molecular flexibility index (Phi) is 3.87. The standard InChI is InChI=1S/C14H13BrO3/c1-3-17-14(16)13-7-6-12(18-13)10-5-4-9(2)8-11(10)15/h4-8H,3H2,1-2H3. The van der Waals surface area contributed by atoms with Crippen LogP contribution in [0.2, 0.25) is 0 Å². The first-order valence-electron chi connectivity index (χ1n) is 5.65. The normalized spacial score (nSPS) is 10.4. The molecule has 0 aliphatic carbocycles. The molecule has 0 bridgehead atoms. The third-order valence-electron chi connectivity index (χ3n) is 2.47. The number of benzene rings is 1. The summed E-state index contributed by atoms with van der Waals surface area (Å²) < 4.78 is 11.3. The number of furan rings is 1. The molecule has 0 radical (unpaired) electrons. The Morgan fingerprint density at radius 1 is 1.33 bits per heavy atom. The lowest BCUT2D eigenvalue weighted by Crippen LogP contribution is -2.02. The first kappa shape index (κ1) is 12.9. The maximum atomic E-state index is 11.5. The molecule has 0 N–H and O–H groups in total. The number of aryl methyl sites for hydroxylation is 1. The summed E-state index contributed by atoms with van der Waals surface area (Å²) in [4.78, 5) is 11.5. The van der Waals surface area contributed by atoms with Crippen molar-refractivity contribution in [3.8, 4) is 11.3 Å². The van der Waals surface area contributed by atoms with Gasteiger partial charge in [-0.25, -0.2) is 4.79 Å². The van der Waals surface area contributed by atoms with Crippen molar-refractivity contribution in [2.75, 3.05) is 6.61 Å². The summed E-state index contributed by atoms with van der Waals surface area (Å²) in [6.45, 7) is 4.11. The predicted octanol–water partition coefficient (Wildman–Crippen LogP) is 4.19. The minimum Gasteiger partial charge on any atom is -0.460 e. The molecular weight excluding hydrogens is 296 g/mol. The molecule has 2 aromatic rings. The van der Waals surface area contributed by atoms with Crippen molar-refractivity contribution in [2.24, 2.45) is 0 Å². The summed E-state index contributed by atoms with van der Waals surface area (Å²) in [7, 11) is 0. The van der Waals surface area contributed by atoms with E-state index in [2.05, 4.69) is 15.9 Å². The lowest BCUT2D eigenvalue weighted by atomic mass is 10.1. The lowest BCUT2D eigenvalue weighted by Gasteiger charge is -2.02. The van der Waals surface area contributed by atoms with Gasteiger partial charge in [-0.05, 0) is 43.7 Å². The zero-order valence-electron chi connectivity index (χ0n) is 10.2. The van der Waals surface area contributed by atoms with Crippen molar-refractivity contribution >= 4 is 21.9 Å². The van der Waals surface area contributed by atoms with Crippen molar-refractivity contribution in [1.29, 1.82) is 0 Å². The van der Waals surface area contributed by atoms with E-state index in [9.17, 15) is 4.79 Å². The number of rotatable bonds is 3. The van der Waals surface area contributed by atoms with Crippen LogP contribution in [0.3, 0.4) is 0 Å². The second-order valence-electron chi connectivity index (χ2n) is 3.87. The van der Waals surface area contributed by atoms with Gasteiger partial charge in [0.2, 0.25) is 5.76 Å². The Morgan fingerprint density at radius 3 is 2.78 bits per heavy atom. The zero-order chi connectivity index (χ0) is 13.1. The number of halogens is 1. The van der Waals surface area contributed by atoms with E-state index in [1.54, 1.807) is 19.1 Å². The highest BCUT2D eigenvalue weighted by Crippen LogP contribution is 2.30. The Hall–Kier alpha value is -1.55. The number of esters is 1. The molecular formula is C14H13BrO3. The van der Waals surface area contributed by atoms with E-state index in [0.29, 0.717) is 12.4 Å². The van der Waals surface area contributed by atoms with E-state index in [-0.39, 0.29) is 5.76 Å². The molecule has 0 saturated heterocycles. The smallest absolute Gasteiger partial charge is 0.374 e. The van der Waals surface area contributed by atoms with Crippen LogP contribution in [0.4, 0.5) is 0 Å². The van der Waals surface area contributed by atoms with Gasteiger partial charge in [-0.15, -0.1) is 0 Å². The van der Waals surface area contributed by atoms with Crippen LogP contribution in [0.15, 0.2) is 39.2 Å². The van der Waals surface area contributed by atoms with E-state index in [4.69, 9.17) is 9.15 Å². The van der Waals surface area contributed by atoms with Gasteiger partial charge in [0.1, 0.15) is 5.76 Å². The maximum Gasteiger partial charge on any atom is 0.374 e. The van der Waals surface area contributed by atoms with E-state index in [1.165, 1.54) is 0 Å². The largest absolute Gasteiger partial charge is 0.460 e. The van der Waals surface area contributed by atoms with Crippen molar-refractivity contribution in [3.05, 3.63) is 46.1 Å². The van der Waals surface area contributed by atoms with Crippen molar-refractivity contribution in [1.82, 2.24) is 0 Å². The van der Waals surface area contributed by atoms with Gasteiger partial charge in [-0.1, -0.05) is 22.0 Å². The summed E-state index contributed by atoms with van der Waals surface area (Å²) in [6, 6.07) is 9.34. The van der Waals surface area contributed by atoms with Gasteiger partial charge in [-0.2, -0.15) is 0 Å². The average molecular weight is 309 g/mol. The molecule has 0 unspecified atom stereocenters. The molecule has 1 aromatic carbocycles.